The van der Waals surface area contributed by atoms with Gasteiger partial charge in [0.2, 0.25) is 0 Å². The van der Waals surface area contributed by atoms with Crippen LogP contribution in [-0.2, 0) is 17.1 Å². The van der Waals surface area contributed by atoms with Crippen LogP contribution >= 0.6 is 0 Å². The van der Waals surface area contributed by atoms with Crippen molar-refractivity contribution in [3.05, 3.63) is 127 Å². The van der Waals surface area contributed by atoms with Gasteiger partial charge in [-0.25, -0.2) is 0 Å². The van der Waals surface area contributed by atoms with Gasteiger partial charge in [-0.1, -0.05) is 60.2 Å². The number of fused-ring (bicyclic) bond motifs is 2. The summed E-state index contributed by atoms with van der Waals surface area (Å²) in [7, 11) is 0. The number of rotatable bonds is 2. The molecule has 0 saturated heterocycles. The molecule has 0 radical (unpaired) electrons. The van der Waals surface area contributed by atoms with Crippen LogP contribution in [0.2, 0.25) is 0 Å². The maximum Gasteiger partial charge on any atom is 0.0682 e. The van der Waals surface area contributed by atoms with E-state index in [1.165, 1.54) is 32.8 Å². The molecule has 0 aliphatic carbocycles. The van der Waals surface area contributed by atoms with Gasteiger partial charge in [0.05, 0.1) is 5.52 Å². The molecular formula is C29H21FeN-6. The van der Waals surface area contributed by atoms with Crippen LogP contribution in [0.1, 0.15) is 0 Å². The zero-order valence-corrected chi connectivity index (χ0v) is 18.0. The van der Waals surface area contributed by atoms with E-state index in [4.69, 9.17) is 4.98 Å². The maximum atomic E-state index is 4.81. The minimum atomic E-state index is 0. The van der Waals surface area contributed by atoms with Gasteiger partial charge in [-0.2, -0.15) is 12.1 Å². The Bertz CT molecular complexity index is 1360. The van der Waals surface area contributed by atoms with Crippen molar-refractivity contribution in [1.29, 1.82) is 0 Å². The Balaban J connectivity index is 0.000000342. The van der Waals surface area contributed by atoms with Crippen molar-refractivity contribution in [2.45, 2.75) is 0 Å². The van der Waals surface area contributed by atoms with E-state index >= 15 is 0 Å². The molecule has 2 heteroatoms. The van der Waals surface area contributed by atoms with Gasteiger partial charge in [0.1, 0.15) is 0 Å². The molecule has 6 rings (SSSR count). The number of nitrogens with zero attached hydrogens (tertiary/aromatic N) is 1. The monoisotopic (exact) mass is 439 g/mol. The van der Waals surface area contributed by atoms with E-state index < -0.39 is 0 Å². The fraction of sp³-hybridized carbons (Fsp3) is 0. The summed E-state index contributed by atoms with van der Waals surface area (Å²) in [5.41, 5.74) is 5.71. The second kappa shape index (κ2) is 9.57. The Morgan fingerprint density at radius 3 is 2.10 bits per heavy atom. The molecule has 1 nitrogen and oxygen atoms in total. The molecule has 0 amide bonds. The van der Waals surface area contributed by atoms with E-state index in [-0.39, 0.29) is 17.1 Å². The first-order valence-corrected chi connectivity index (χ1v) is 10.2. The van der Waals surface area contributed by atoms with Crippen molar-refractivity contribution in [1.82, 2.24) is 4.98 Å². The largest absolute Gasteiger partial charge is 0.748 e. The van der Waals surface area contributed by atoms with Gasteiger partial charge >= 0.3 is 0 Å². The molecule has 0 N–H and O–H groups in total. The van der Waals surface area contributed by atoms with E-state index in [0.29, 0.717) is 0 Å². The van der Waals surface area contributed by atoms with Crippen LogP contribution < -0.4 is 0 Å². The summed E-state index contributed by atoms with van der Waals surface area (Å²) in [5.74, 6) is 0. The molecule has 5 aromatic carbocycles. The zero-order chi connectivity index (χ0) is 20.2. The van der Waals surface area contributed by atoms with E-state index in [1.54, 1.807) is 0 Å². The molecular weight excluding hydrogens is 418 g/mol. The third-order valence-electron chi connectivity index (χ3n) is 5.30. The molecule has 0 aliphatic rings. The number of hydrogen-bond acceptors (Lipinski definition) is 1. The fourth-order valence-corrected chi connectivity index (χ4v) is 3.80. The van der Waals surface area contributed by atoms with Crippen LogP contribution in [0.5, 0.6) is 0 Å². The van der Waals surface area contributed by atoms with Gasteiger partial charge in [0.25, 0.3) is 0 Å². The van der Waals surface area contributed by atoms with Crippen LogP contribution in [0.25, 0.3) is 44.1 Å². The van der Waals surface area contributed by atoms with Crippen molar-refractivity contribution >= 4 is 21.7 Å². The molecule has 0 fully saturated rings. The van der Waals surface area contributed by atoms with E-state index in [1.807, 2.05) is 42.5 Å². The summed E-state index contributed by atoms with van der Waals surface area (Å²) in [6, 6.07) is 44.1. The molecule has 0 saturated carbocycles. The number of hydrogen-bond donors (Lipinski definition) is 0. The summed E-state index contributed by atoms with van der Waals surface area (Å²) < 4.78 is 0. The second-order valence-electron chi connectivity index (χ2n) is 7.27. The fourth-order valence-electron chi connectivity index (χ4n) is 3.80. The van der Waals surface area contributed by atoms with E-state index in [0.717, 1.165) is 11.2 Å². The Labute approximate surface area is 193 Å². The molecule has 6 aromatic rings. The predicted octanol–water partition coefficient (Wildman–Crippen LogP) is 7.84. The molecule has 31 heavy (non-hydrogen) atoms. The quantitative estimate of drug-likeness (QED) is 0.198. The number of benzene rings is 3. The minimum absolute atomic E-state index is 0. The second-order valence-corrected chi connectivity index (χ2v) is 7.27. The normalized spacial score (nSPS) is 10.3. The average molecular weight is 439 g/mol. The summed E-state index contributed by atoms with van der Waals surface area (Å²) in [4.78, 5) is 4.81. The molecule has 156 valence electrons. The van der Waals surface area contributed by atoms with Crippen LogP contribution in [0.3, 0.4) is 0 Å². The Morgan fingerprint density at radius 2 is 1.32 bits per heavy atom. The smallest absolute Gasteiger partial charge is 0.0682 e. The molecule has 0 bridgehead atoms. The third kappa shape index (κ3) is 4.51. The molecule has 1 aromatic heterocycles. The molecule has 0 atom stereocenters. The van der Waals surface area contributed by atoms with Gasteiger partial charge in [-0.05, 0) is 45.1 Å². The Morgan fingerprint density at radius 1 is 0.613 bits per heavy atom. The van der Waals surface area contributed by atoms with Gasteiger partial charge < -0.3 is 30.3 Å². The summed E-state index contributed by atoms with van der Waals surface area (Å²) in [5, 5.41) is 3.72. The topological polar surface area (TPSA) is 12.9 Å². The van der Waals surface area contributed by atoms with Gasteiger partial charge in [-0.15, -0.1) is 18.2 Å². The van der Waals surface area contributed by atoms with Crippen molar-refractivity contribution in [2.75, 3.05) is 0 Å². The summed E-state index contributed by atoms with van der Waals surface area (Å²) in [6.45, 7) is 0. The van der Waals surface area contributed by atoms with Crippen molar-refractivity contribution in [2.24, 2.45) is 0 Å². The summed E-state index contributed by atoms with van der Waals surface area (Å²) in [6.07, 6.45) is 0. The molecule has 0 spiro atoms. The van der Waals surface area contributed by atoms with E-state index in [2.05, 4.69) is 84.9 Å². The maximum absolute atomic E-state index is 4.81. The first-order valence-electron chi connectivity index (χ1n) is 10.2. The van der Waals surface area contributed by atoms with Gasteiger partial charge in [-0.3, -0.25) is 4.98 Å². The van der Waals surface area contributed by atoms with Gasteiger partial charge in [0, 0.05) is 17.1 Å². The van der Waals surface area contributed by atoms with E-state index in [9.17, 15) is 0 Å². The SMILES string of the molecule is [Fe].[cH-]1[cH-][cH-][cH-][cH-]1.c1ccc2c(-c3ccc4nc(-[c-]5cccc5)ccc4c3)cccc2c1. The molecule has 0 aliphatic heterocycles. The molecule has 0 unspecified atom stereocenters. The molecule has 1 heterocycles. The van der Waals surface area contributed by atoms with Crippen molar-refractivity contribution in [3.8, 4) is 22.4 Å². The third-order valence-corrected chi connectivity index (χ3v) is 5.30. The van der Waals surface area contributed by atoms with Crippen LogP contribution in [0, 0.1) is 0 Å². The van der Waals surface area contributed by atoms with Crippen LogP contribution in [-0.4, -0.2) is 4.98 Å². The standard InChI is InChI=1S/C24H16N.C5H5.Fe/c1-2-8-18(7-1)23-15-13-20-16-19(12-14-24(20)25-23)22-11-5-9-17-6-3-4-10-21(17)22;1-2-4-5-3-1;/h1-16H;1-5H;/q-1;-5;. The average Bonchev–Trinajstić information content (AvgIpc) is 3.55. The first kappa shape index (κ1) is 20.8. The predicted molar refractivity (Wildman–Crippen MR) is 128 cm³/mol. The van der Waals surface area contributed by atoms with Crippen molar-refractivity contribution < 1.29 is 17.1 Å². The van der Waals surface area contributed by atoms with Crippen LogP contribution in [0.15, 0.2) is 127 Å². The van der Waals surface area contributed by atoms with Gasteiger partial charge in [0.15, 0.2) is 0 Å². The Hall–Kier alpha value is -3.45. The van der Waals surface area contributed by atoms with Crippen molar-refractivity contribution in [3.63, 3.8) is 0 Å². The minimum Gasteiger partial charge on any atom is -0.748 e. The Kier molecular flexibility index (Phi) is 6.43. The first-order chi connectivity index (χ1) is 14.9. The van der Waals surface area contributed by atoms with Crippen LogP contribution in [0.4, 0.5) is 0 Å². The number of pyridine rings is 1. The number of aromatic nitrogens is 1. The summed E-state index contributed by atoms with van der Waals surface area (Å²) >= 11 is 0. The zero-order valence-electron chi connectivity index (χ0n) is 16.9.